The summed E-state index contributed by atoms with van der Waals surface area (Å²) in [7, 11) is 0. The van der Waals surface area contributed by atoms with Crippen LogP contribution in [0.25, 0.3) is 86.6 Å². The summed E-state index contributed by atoms with van der Waals surface area (Å²) in [6.45, 7) is 0. The number of nitrogens with zero attached hydrogens (tertiary/aromatic N) is 1. The van der Waals surface area contributed by atoms with Crippen molar-refractivity contribution in [2.75, 3.05) is 4.90 Å². The number of thiophene rings is 1. The van der Waals surface area contributed by atoms with Gasteiger partial charge in [-0.2, -0.15) is 0 Å². The van der Waals surface area contributed by atoms with Gasteiger partial charge in [-0.25, -0.2) is 0 Å². The van der Waals surface area contributed by atoms with Gasteiger partial charge in [-0.1, -0.05) is 188 Å². The molecule has 0 N–H and O–H groups in total. The van der Waals surface area contributed by atoms with Crippen molar-refractivity contribution in [3.63, 3.8) is 0 Å². The van der Waals surface area contributed by atoms with Crippen LogP contribution >= 0.6 is 11.3 Å². The first-order valence-corrected chi connectivity index (χ1v) is 21.3. The van der Waals surface area contributed by atoms with Gasteiger partial charge < -0.3 is 4.90 Å². The Hall–Kier alpha value is -7.52. The van der Waals surface area contributed by atoms with Crippen molar-refractivity contribution < 1.29 is 0 Å². The van der Waals surface area contributed by atoms with E-state index in [9.17, 15) is 0 Å². The van der Waals surface area contributed by atoms with Gasteiger partial charge in [0.15, 0.2) is 0 Å². The van der Waals surface area contributed by atoms with Crippen molar-refractivity contribution in [3.05, 3.63) is 237 Å². The fourth-order valence-electron chi connectivity index (χ4n) is 8.84. The number of benzene rings is 10. The van der Waals surface area contributed by atoms with Crippen LogP contribution in [0.2, 0.25) is 0 Å². The second-order valence-corrected chi connectivity index (χ2v) is 16.3. The van der Waals surface area contributed by atoms with Crippen molar-refractivity contribution in [1.82, 2.24) is 0 Å². The Morgan fingerprint density at radius 1 is 0.283 bits per heavy atom. The molecule has 0 saturated carbocycles. The molecule has 282 valence electrons. The van der Waals surface area contributed by atoms with Crippen LogP contribution in [0.1, 0.15) is 0 Å². The summed E-state index contributed by atoms with van der Waals surface area (Å²) >= 11 is 1.86. The first-order chi connectivity index (χ1) is 29.8. The minimum atomic E-state index is 1.08. The molecular weight excluding hydrogens is 743 g/mol. The number of anilines is 3. The maximum atomic E-state index is 2.44. The highest BCUT2D eigenvalue weighted by Crippen LogP contribution is 2.48. The Kier molecular flexibility index (Phi) is 9.11. The summed E-state index contributed by atoms with van der Waals surface area (Å²) in [6.07, 6.45) is 0. The van der Waals surface area contributed by atoms with E-state index in [4.69, 9.17) is 0 Å². The Labute approximate surface area is 354 Å². The quantitative estimate of drug-likeness (QED) is 0.148. The molecule has 0 aliphatic rings. The van der Waals surface area contributed by atoms with Gasteiger partial charge in [0.1, 0.15) is 0 Å². The lowest BCUT2D eigenvalue weighted by atomic mass is 9.87. The van der Waals surface area contributed by atoms with E-state index in [0.717, 1.165) is 17.1 Å². The molecule has 0 unspecified atom stereocenters. The molecular formula is C58H39NS. The van der Waals surface area contributed by atoms with Crippen molar-refractivity contribution in [2.45, 2.75) is 0 Å². The molecule has 0 aliphatic heterocycles. The van der Waals surface area contributed by atoms with Crippen LogP contribution in [-0.2, 0) is 0 Å². The van der Waals surface area contributed by atoms with Gasteiger partial charge in [0.05, 0.1) is 5.69 Å². The second kappa shape index (κ2) is 15.3. The Morgan fingerprint density at radius 2 is 0.783 bits per heavy atom. The van der Waals surface area contributed by atoms with Crippen LogP contribution < -0.4 is 4.90 Å². The third-order valence-corrected chi connectivity index (χ3v) is 12.9. The fraction of sp³-hybridized carbons (Fsp3) is 0. The van der Waals surface area contributed by atoms with Crippen molar-refractivity contribution in [1.29, 1.82) is 0 Å². The Balaban J connectivity index is 1.11. The lowest BCUT2D eigenvalue weighted by Crippen LogP contribution is -2.12. The molecule has 10 aromatic carbocycles. The predicted octanol–water partition coefficient (Wildman–Crippen LogP) is 17.0. The highest BCUT2D eigenvalue weighted by Gasteiger charge is 2.23. The third kappa shape index (κ3) is 6.44. The molecule has 0 fully saturated rings. The average molecular weight is 782 g/mol. The molecule has 0 saturated heterocycles. The number of fused-ring (bicyclic) bond motifs is 4. The van der Waals surface area contributed by atoms with Gasteiger partial charge in [0.2, 0.25) is 0 Å². The predicted molar refractivity (Wildman–Crippen MR) is 259 cm³/mol. The minimum absolute atomic E-state index is 1.08. The standard InChI is InChI=1S/C58H39NS/c1-3-15-41(16-4-1)50-22-9-10-24-53(50)58-51(43-17-5-2-6-18-43)26-14-27-55(58)59(47-36-31-44(32-37-47)49-25-13-20-42-19-7-8-21-48(42)49)46-34-29-40(30-35-46)45-33-38-57-54(39-45)52-23-11-12-28-56(52)60-57/h1-39H. The molecule has 0 radical (unpaired) electrons. The maximum absolute atomic E-state index is 2.44. The van der Waals surface area contributed by atoms with E-state index in [-0.39, 0.29) is 0 Å². The first-order valence-electron chi connectivity index (χ1n) is 20.5. The first kappa shape index (κ1) is 35.6. The maximum Gasteiger partial charge on any atom is 0.0546 e. The van der Waals surface area contributed by atoms with Gasteiger partial charge in [-0.05, 0) is 109 Å². The summed E-state index contributed by atoms with van der Waals surface area (Å²) in [6, 6.07) is 86.2. The van der Waals surface area contributed by atoms with Gasteiger partial charge >= 0.3 is 0 Å². The molecule has 1 heterocycles. The summed E-state index contributed by atoms with van der Waals surface area (Å²) < 4.78 is 2.64. The van der Waals surface area contributed by atoms with Crippen LogP contribution in [0.5, 0.6) is 0 Å². The Morgan fingerprint density at radius 3 is 1.53 bits per heavy atom. The summed E-state index contributed by atoms with van der Waals surface area (Å²) in [4.78, 5) is 2.44. The SMILES string of the molecule is c1ccc(-c2ccccc2-c2c(-c3ccccc3)cccc2N(c2ccc(-c3ccc4sc5ccccc5c4c3)cc2)c2ccc(-c3cccc4ccccc34)cc2)cc1. The topological polar surface area (TPSA) is 3.24 Å². The second-order valence-electron chi connectivity index (χ2n) is 15.2. The molecule has 0 aliphatic carbocycles. The van der Waals surface area contributed by atoms with Crippen molar-refractivity contribution in [2.24, 2.45) is 0 Å². The zero-order valence-electron chi connectivity index (χ0n) is 32.9. The molecule has 0 amide bonds. The molecule has 1 nitrogen and oxygen atoms in total. The van der Waals surface area contributed by atoms with Gasteiger partial charge in [-0.3, -0.25) is 0 Å². The van der Waals surface area contributed by atoms with Crippen molar-refractivity contribution >= 4 is 59.3 Å². The van der Waals surface area contributed by atoms with Gasteiger partial charge in [0, 0.05) is 37.1 Å². The number of rotatable bonds is 8. The number of hydrogen-bond acceptors (Lipinski definition) is 2. The lowest BCUT2D eigenvalue weighted by molar-refractivity contribution is 1.28. The van der Waals surface area contributed by atoms with E-state index in [1.807, 2.05) is 11.3 Å². The molecule has 0 bridgehead atoms. The molecule has 11 aromatic rings. The Bertz CT molecular complexity index is 3290. The smallest absolute Gasteiger partial charge is 0.0546 e. The molecule has 2 heteroatoms. The fourth-order valence-corrected chi connectivity index (χ4v) is 9.93. The van der Waals surface area contributed by atoms with E-state index in [0.29, 0.717) is 0 Å². The zero-order chi connectivity index (χ0) is 39.8. The van der Waals surface area contributed by atoms with E-state index in [1.165, 1.54) is 86.6 Å². The molecule has 1 aromatic heterocycles. The van der Waals surface area contributed by atoms with Gasteiger partial charge in [0.25, 0.3) is 0 Å². The summed E-state index contributed by atoms with van der Waals surface area (Å²) in [5.74, 6) is 0. The highest BCUT2D eigenvalue weighted by molar-refractivity contribution is 7.25. The molecule has 60 heavy (non-hydrogen) atoms. The summed E-state index contributed by atoms with van der Waals surface area (Å²) in [5, 5.41) is 5.12. The van der Waals surface area contributed by atoms with Crippen LogP contribution in [-0.4, -0.2) is 0 Å². The molecule has 0 spiro atoms. The van der Waals surface area contributed by atoms with Crippen LogP contribution in [0.4, 0.5) is 17.1 Å². The normalized spacial score (nSPS) is 11.3. The monoisotopic (exact) mass is 781 g/mol. The average Bonchev–Trinajstić information content (AvgIpc) is 3.70. The molecule has 11 rings (SSSR count). The van der Waals surface area contributed by atoms with E-state index >= 15 is 0 Å². The largest absolute Gasteiger partial charge is 0.310 e. The lowest BCUT2D eigenvalue weighted by Gasteiger charge is -2.30. The summed E-state index contributed by atoms with van der Waals surface area (Å²) in [5.41, 5.74) is 15.2. The van der Waals surface area contributed by atoms with Gasteiger partial charge in [-0.15, -0.1) is 11.3 Å². The third-order valence-electron chi connectivity index (χ3n) is 11.7. The van der Waals surface area contributed by atoms with E-state index in [1.54, 1.807) is 0 Å². The van der Waals surface area contributed by atoms with Crippen LogP contribution in [0.3, 0.4) is 0 Å². The zero-order valence-corrected chi connectivity index (χ0v) is 33.7. The molecule has 0 atom stereocenters. The van der Waals surface area contributed by atoms with Crippen molar-refractivity contribution in [3.8, 4) is 55.6 Å². The van der Waals surface area contributed by atoms with Crippen LogP contribution in [0.15, 0.2) is 237 Å². The van der Waals surface area contributed by atoms with Crippen LogP contribution in [0, 0.1) is 0 Å². The highest BCUT2D eigenvalue weighted by atomic mass is 32.1. The number of hydrogen-bond donors (Lipinski definition) is 0. The van der Waals surface area contributed by atoms with E-state index < -0.39 is 0 Å². The van der Waals surface area contributed by atoms with E-state index in [2.05, 4.69) is 241 Å². The minimum Gasteiger partial charge on any atom is -0.310 e.